The number of nitrogens with one attached hydrogen (secondary N) is 3. The first-order valence-electron chi connectivity index (χ1n) is 12.3. The second kappa shape index (κ2) is 15.3. The lowest BCUT2D eigenvalue weighted by Crippen LogP contribution is -2.34. The summed E-state index contributed by atoms with van der Waals surface area (Å²) in [6.45, 7) is 2.93. The van der Waals surface area contributed by atoms with Crippen LogP contribution in [-0.2, 0) is 35.4 Å². The molecule has 1 aliphatic heterocycles. The molecule has 0 aromatic heterocycles. The number of hydroxylamine groups is 2. The van der Waals surface area contributed by atoms with E-state index in [4.69, 9.17) is 4.84 Å². The molecule has 0 saturated carbocycles. The molecule has 0 radical (unpaired) electrons. The number of unbranched alkanes of at least 4 members (excludes halogenated alkanes) is 2. The fourth-order valence-electron chi connectivity index (χ4n) is 3.38. The molecule has 11 nitrogen and oxygen atoms in total. The Bertz CT molecular complexity index is 947. The van der Waals surface area contributed by atoms with E-state index in [1.807, 2.05) is 6.92 Å². The first-order chi connectivity index (χ1) is 17.3. The summed E-state index contributed by atoms with van der Waals surface area (Å²) in [5.41, 5.74) is 1.21. The molecule has 1 aromatic rings. The first kappa shape index (κ1) is 28.5. The molecule has 0 aliphatic carbocycles. The van der Waals surface area contributed by atoms with Crippen LogP contribution in [0.5, 0.6) is 0 Å². The summed E-state index contributed by atoms with van der Waals surface area (Å²) in [5.74, 6) is -2.25. The summed E-state index contributed by atoms with van der Waals surface area (Å²) >= 11 is 0. The summed E-state index contributed by atoms with van der Waals surface area (Å²) in [6, 6.07) is 6.88. The molecule has 5 amide bonds. The van der Waals surface area contributed by atoms with Crippen molar-refractivity contribution in [3.8, 4) is 0 Å². The minimum absolute atomic E-state index is 0.0100. The van der Waals surface area contributed by atoms with Crippen LogP contribution in [-0.4, -0.2) is 53.7 Å². The van der Waals surface area contributed by atoms with Crippen LogP contribution in [0.25, 0.3) is 0 Å². The van der Waals surface area contributed by atoms with Gasteiger partial charge in [0.2, 0.25) is 11.8 Å². The molecule has 0 unspecified atom stereocenters. The van der Waals surface area contributed by atoms with Crippen LogP contribution in [0, 0.1) is 0 Å². The number of nitrogens with zero attached hydrogens (tertiary/aromatic N) is 1. The Morgan fingerprint density at radius 2 is 1.50 bits per heavy atom. The number of carbonyl (C=O) groups excluding carboxylic acids is 6. The highest BCUT2D eigenvalue weighted by Gasteiger charge is 2.32. The van der Waals surface area contributed by atoms with E-state index in [0.29, 0.717) is 43.0 Å². The third-order valence-corrected chi connectivity index (χ3v) is 5.40. The topological polar surface area (TPSA) is 151 Å². The van der Waals surface area contributed by atoms with Crippen molar-refractivity contribution in [3.05, 3.63) is 35.4 Å². The van der Waals surface area contributed by atoms with Gasteiger partial charge in [0.25, 0.3) is 17.7 Å². The van der Waals surface area contributed by atoms with Gasteiger partial charge in [-0.15, -0.1) is 5.06 Å². The van der Waals surface area contributed by atoms with E-state index < -0.39 is 17.8 Å². The van der Waals surface area contributed by atoms with Crippen molar-refractivity contribution in [2.75, 3.05) is 13.1 Å². The summed E-state index contributed by atoms with van der Waals surface area (Å²) in [6.07, 6.45) is 3.33. The average Bonchev–Trinajstić information content (AvgIpc) is 3.18. The van der Waals surface area contributed by atoms with Gasteiger partial charge in [0.05, 0.1) is 0 Å². The van der Waals surface area contributed by atoms with Crippen LogP contribution in [0.15, 0.2) is 24.3 Å². The number of hydrogen-bond acceptors (Lipinski definition) is 7. The van der Waals surface area contributed by atoms with Gasteiger partial charge in [0.15, 0.2) is 0 Å². The lowest BCUT2D eigenvalue weighted by Gasteiger charge is -2.12. The predicted octanol–water partition coefficient (Wildman–Crippen LogP) is 1.51. The molecule has 3 N–H and O–H groups in total. The molecule has 1 heterocycles. The zero-order valence-electron chi connectivity index (χ0n) is 20.6. The summed E-state index contributed by atoms with van der Waals surface area (Å²) in [5, 5.41) is 8.80. The van der Waals surface area contributed by atoms with Gasteiger partial charge in [0, 0.05) is 57.3 Å². The van der Waals surface area contributed by atoms with Crippen LogP contribution in [0.2, 0.25) is 0 Å². The van der Waals surface area contributed by atoms with Crippen LogP contribution in [0.4, 0.5) is 0 Å². The monoisotopic (exact) mass is 502 g/mol. The number of amides is 5. The van der Waals surface area contributed by atoms with Crippen LogP contribution in [0.3, 0.4) is 0 Å². The van der Waals surface area contributed by atoms with Gasteiger partial charge in [-0.1, -0.05) is 25.5 Å². The van der Waals surface area contributed by atoms with Crippen molar-refractivity contribution in [2.24, 2.45) is 0 Å². The molecular weight excluding hydrogens is 468 g/mol. The molecule has 1 saturated heterocycles. The maximum atomic E-state index is 12.3. The van der Waals surface area contributed by atoms with Gasteiger partial charge in [-0.05, 0) is 37.0 Å². The van der Waals surface area contributed by atoms with E-state index in [-0.39, 0.29) is 49.9 Å². The van der Waals surface area contributed by atoms with Crippen LogP contribution in [0.1, 0.15) is 80.6 Å². The Balaban J connectivity index is 1.62. The minimum Gasteiger partial charge on any atom is -0.354 e. The molecule has 0 bridgehead atoms. The number of carbonyl (C=O) groups is 6. The molecule has 1 fully saturated rings. The molecule has 1 aromatic carbocycles. The summed E-state index contributed by atoms with van der Waals surface area (Å²) in [4.78, 5) is 75.4. The largest absolute Gasteiger partial charge is 0.354 e. The highest BCUT2D eigenvalue weighted by molar-refractivity contribution is 6.01. The van der Waals surface area contributed by atoms with E-state index in [1.54, 1.807) is 24.3 Å². The maximum Gasteiger partial charge on any atom is 0.333 e. The quantitative estimate of drug-likeness (QED) is 0.243. The SMILES string of the molecule is CCCCC(=O)NCCNC(=O)c1cccc(CNC(=O)CCCCC(=O)ON2C(=O)CCC2=O)c1. The van der Waals surface area contributed by atoms with Gasteiger partial charge in [-0.2, -0.15) is 0 Å². The molecule has 0 spiro atoms. The van der Waals surface area contributed by atoms with Gasteiger partial charge in [-0.3, -0.25) is 24.0 Å². The van der Waals surface area contributed by atoms with Crippen LogP contribution >= 0.6 is 0 Å². The normalized spacial score (nSPS) is 12.9. The Morgan fingerprint density at radius 1 is 0.861 bits per heavy atom. The van der Waals surface area contributed by atoms with Crippen LogP contribution < -0.4 is 16.0 Å². The smallest absolute Gasteiger partial charge is 0.333 e. The molecule has 11 heteroatoms. The Labute approximate surface area is 210 Å². The van der Waals surface area contributed by atoms with E-state index in [9.17, 15) is 28.8 Å². The summed E-state index contributed by atoms with van der Waals surface area (Å²) in [7, 11) is 0. The number of rotatable bonds is 15. The van der Waals surface area contributed by atoms with Crippen molar-refractivity contribution in [3.63, 3.8) is 0 Å². The minimum atomic E-state index is -0.687. The van der Waals surface area contributed by atoms with Gasteiger partial charge >= 0.3 is 5.97 Å². The van der Waals surface area contributed by atoms with Gasteiger partial charge < -0.3 is 20.8 Å². The second-order valence-corrected chi connectivity index (χ2v) is 8.44. The molecule has 0 atom stereocenters. The molecule has 1 aliphatic rings. The average molecular weight is 503 g/mol. The van der Waals surface area contributed by atoms with E-state index >= 15 is 0 Å². The van der Waals surface area contributed by atoms with E-state index in [0.717, 1.165) is 18.4 Å². The van der Waals surface area contributed by atoms with Crippen molar-refractivity contribution < 1.29 is 33.6 Å². The van der Waals surface area contributed by atoms with Gasteiger partial charge in [0.1, 0.15) is 0 Å². The fraction of sp³-hybridized carbons (Fsp3) is 0.520. The zero-order valence-corrected chi connectivity index (χ0v) is 20.6. The van der Waals surface area contributed by atoms with E-state index in [1.165, 1.54) is 0 Å². The predicted molar refractivity (Wildman–Crippen MR) is 129 cm³/mol. The Morgan fingerprint density at radius 3 is 2.22 bits per heavy atom. The number of hydrogen-bond donors (Lipinski definition) is 3. The molecular formula is C25H34N4O7. The first-order valence-corrected chi connectivity index (χ1v) is 12.3. The Kier molecular flexibility index (Phi) is 12.1. The highest BCUT2D eigenvalue weighted by Crippen LogP contribution is 2.13. The standard InChI is InChI=1S/C25H34N4O7/c1-2-3-9-20(30)26-14-15-27-25(35)19-8-6-7-18(16-19)17-28-21(31)10-4-5-11-24(34)36-29-22(32)12-13-23(29)33/h6-8,16H,2-5,9-15,17H2,1H3,(H,26,30)(H,27,35)(H,28,31). The molecule has 36 heavy (non-hydrogen) atoms. The molecule has 2 rings (SSSR count). The summed E-state index contributed by atoms with van der Waals surface area (Å²) < 4.78 is 0. The Hall–Kier alpha value is -3.76. The van der Waals surface area contributed by atoms with E-state index in [2.05, 4.69) is 16.0 Å². The number of imide groups is 1. The second-order valence-electron chi connectivity index (χ2n) is 8.44. The van der Waals surface area contributed by atoms with Crippen molar-refractivity contribution in [1.29, 1.82) is 0 Å². The lowest BCUT2D eigenvalue weighted by molar-refractivity contribution is -0.197. The van der Waals surface area contributed by atoms with Crippen molar-refractivity contribution in [2.45, 2.75) is 71.3 Å². The fourth-order valence-corrected chi connectivity index (χ4v) is 3.38. The third kappa shape index (κ3) is 10.2. The van der Waals surface area contributed by atoms with Gasteiger partial charge in [-0.25, -0.2) is 4.79 Å². The maximum absolute atomic E-state index is 12.3. The molecule has 196 valence electrons. The lowest BCUT2D eigenvalue weighted by atomic mass is 10.1. The van der Waals surface area contributed by atoms with Crippen molar-refractivity contribution in [1.82, 2.24) is 21.0 Å². The van der Waals surface area contributed by atoms with Crippen molar-refractivity contribution >= 4 is 35.5 Å². The highest BCUT2D eigenvalue weighted by atomic mass is 16.7. The number of benzene rings is 1. The zero-order chi connectivity index (χ0) is 26.3. The third-order valence-electron chi connectivity index (χ3n) is 5.40.